The van der Waals surface area contributed by atoms with Crippen molar-refractivity contribution >= 4 is 34.3 Å². The number of fused-ring (bicyclic) bond motifs is 2. The third-order valence-corrected chi connectivity index (χ3v) is 6.21. The van der Waals surface area contributed by atoms with Gasteiger partial charge in [0.15, 0.2) is 0 Å². The van der Waals surface area contributed by atoms with E-state index in [9.17, 15) is 27.6 Å². The van der Waals surface area contributed by atoms with Gasteiger partial charge < -0.3 is 14.5 Å². The molecule has 3 atom stereocenters. The molecule has 2 bridgehead atoms. The van der Waals surface area contributed by atoms with Crippen LogP contribution in [0.25, 0.3) is 0 Å². The van der Waals surface area contributed by atoms with Crippen molar-refractivity contribution in [3.05, 3.63) is 0 Å². The van der Waals surface area contributed by atoms with Crippen LogP contribution in [0.15, 0.2) is 0 Å². The number of hydroxylamine groups is 3. The van der Waals surface area contributed by atoms with E-state index >= 15 is 0 Å². The monoisotopic (exact) mass is 493 g/mol. The van der Waals surface area contributed by atoms with Crippen LogP contribution in [-0.4, -0.2) is 74.1 Å². The van der Waals surface area contributed by atoms with Crippen molar-refractivity contribution in [2.75, 3.05) is 19.8 Å². The zero-order valence-electron chi connectivity index (χ0n) is 19.4. The number of amides is 3. The highest BCUT2D eigenvalue weighted by molar-refractivity contribution is 7.81. The molecule has 3 amide bonds. The first-order chi connectivity index (χ1) is 15.3. The Hall–Kier alpha value is -2.45. The molecule has 1 N–H and O–H groups in total. The third-order valence-electron chi connectivity index (χ3n) is 5.46. The number of nitrogens with one attached hydrogen (secondary N) is 1. The molecule has 0 aliphatic carbocycles. The molecule has 2 saturated heterocycles. The van der Waals surface area contributed by atoms with E-state index in [0.717, 1.165) is 4.90 Å². The Balaban J connectivity index is 1.96. The normalized spacial score (nSPS) is 21.5. The standard InChI is InChI=1S/C19H31N3O10S/c1-6-12(3)16(24)31-20-15(23)14-9-8-13-10-21(14)18(26)22(13)32-33(27,28)30-11-19(4,5)17(25)29-7-2/h12-14H,6-11H2,1-5H3,(H,20,23)/t12?,13-,14+/m1/s1. The van der Waals surface area contributed by atoms with Gasteiger partial charge in [0.25, 0.3) is 5.91 Å². The Labute approximate surface area is 192 Å². The average Bonchev–Trinajstić information content (AvgIpc) is 2.99. The van der Waals surface area contributed by atoms with Gasteiger partial charge in [0.1, 0.15) is 6.04 Å². The number of piperidine rings is 1. The van der Waals surface area contributed by atoms with Gasteiger partial charge in [-0.15, -0.1) is 4.28 Å². The minimum Gasteiger partial charge on any atom is -0.466 e. The van der Waals surface area contributed by atoms with Crippen LogP contribution < -0.4 is 5.48 Å². The average molecular weight is 494 g/mol. The molecule has 0 radical (unpaired) electrons. The fraction of sp³-hybridized carbons (Fsp3) is 0.789. The molecular formula is C19H31N3O10S. The predicted molar refractivity (Wildman–Crippen MR) is 111 cm³/mol. The number of rotatable bonds is 10. The maximum Gasteiger partial charge on any atom is 0.421 e. The molecule has 33 heavy (non-hydrogen) atoms. The largest absolute Gasteiger partial charge is 0.466 e. The lowest BCUT2D eigenvalue weighted by Gasteiger charge is -2.28. The van der Waals surface area contributed by atoms with Crippen LogP contribution in [-0.2, 0) is 42.8 Å². The summed E-state index contributed by atoms with van der Waals surface area (Å²) in [7, 11) is -4.69. The molecule has 2 heterocycles. The van der Waals surface area contributed by atoms with E-state index in [1.54, 1.807) is 20.8 Å². The second-order valence-electron chi connectivity index (χ2n) is 8.55. The molecule has 0 saturated carbocycles. The highest BCUT2D eigenvalue weighted by atomic mass is 32.3. The summed E-state index contributed by atoms with van der Waals surface area (Å²) in [5.74, 6) is -2.36. The van der Waals surface area contributed by atoms with Crippen LogP contribution >= 0.6 is 0 Å². The number of nitrogens with zero attached hydrogens (tertiary/aromatic N) is 2. The number of hydrogen-bond donors (Lipinski definition) is 1. The molecule has 2 rings (SSSR count). The molecule has 13 nitrogen and oxygen atoms in total. The quantitative estimate of drug-likeness (QED) is 0.338. The van der Waals surface area contributed by atoms with E-state index in [1.807, 2.05) is 0 Å². The van der Waals surface area contributed by atoms with Gasteiger partial charge in [-0.3, -0.25) is 9.59 Å². The molecular weight excluding hydrogens is 462 g/mol. The van der Waals surface area contributed by atoms with Crippen molar-refractivity contribution in [3.8, 4) is 0 Å². The fourth-order valence-corrected chi connectivity index (χ4v) is 4.03. The molecule has 2 fully saturated rings. The summed E-state index contributed by atoms with van der Waals surface area (Å²) < 4.78 is 39.1. The van der Waals surface area contributed by atoms with Gasteiger partial charge in [-0.1, -0.05) is 13.8 Å². The first-order valence-corrected chi connectivity index (χ1v) is 12.0. The second kappa shape index (κ2) is 10.7. The first kappa shape index (κ1) is 26.8. The van der Waals surface area contributed by atoms with E-state index < -0.39 is 64.3 Å². The van der Waals surface area contributed by atoms with Crippen LogP contribution in [0.3, 0.4) is 0 Å². The summed E-state index contributed by atoms with van der Waals surface area (Å²) in [6.45, 7) is 7.55. The van der Waals surface area contributed by atoms with Gasteiger partial charge >= 0.3 is 28.4 Å². The van der Waals surface area contributed by atoms with Gasteiger partial charge in [-0.25, -0.2) is 13.8 Å². The molecule has 2 aliphatic heterocycles. The smallest absolute Gasteiger partial charge is 0.421 e. The van der Waals surface area contributed by atoms with Gasteiger partial charge in [-0.05, 0) is 40.0 Å². The molecule has 0 aromatic rings. The zero-order valence-corrected chi connectivity index (χ0v) is 20.2. The number of carbonyl (C=O) groups is 4. The molecule has 0 aromatic carbocycles. The molecule has 0 spiro atoms. The number of carbonyl (C=O) groups excluding carboxylic acids is 4. The zero-order chi connectivity index (χ0) is 25.0. The maximum absolute atomic E-state index is 12.7. The Morgan fingerprint density at radius 1 is 1.21 bits per heavy atom. The Morgan fingerprint density at radius 2 is 1.88 bits per heavy atom. The maximum atomic E-state index is 12.7. The van der Waals surface area contributed by atoms with Crippen molar-refractivity contribution in [1.82, 2.24) is 15.4 Å². The first-order valence-electron chi connectivity index (χ1n) is 10.7. The van der Waals surface area contributed by atoms with Crippen molar-refractivity contribution < 1.29 is 45.6 Å². The number of esters is 1. The van der Waals surface area contributed by atoms with Gasteiger partial charge in [-0.2, -0.15) is 19.0 Å². The number of urea groups is 1. The topological polar surface area (TPSA) is 158 Å². The van der Waals surface area contributed by atoms with Crippen LogP contribution in [0.2, 0.25) is 0 Å². The molecule has 2 aliphatic rings. The lowest BCUT2D eigenvalue weighted by atomic mass is 9.95. The Morgan fingerprint density at radius 3 is 2.48 bits per heavy atom. The number of hydrogen-bond acceptors (Lipinski definition) is 10. The molecule has 1 unspecified atom stereocenters. The molecule has 188 valence electrons. The Bertz CT molecular complexity index is 875. The summed E-state index contributed by atoms with van der Waals surface area (Å²) in [5, 5.41) is 0.644. The number of ether oxygens (including phenoxy) is 1. The van der Waals surface area contributed by atoms with E-state index in [1.165, 1.54) is 13.8 Å². The van der Waals surface area contributed by atoms with Crippen LogP contribution in [0.5, 0.6) is 0 Å². The summed E-state index contributed by atoms with van der Waals surface area (Å²) in [6, 6.07) is -2.43. The van der Waals surface area contributed by atoms with Crippen LogP contribution in [0.1, 0.15) is 53.9 Å². The molecule has 14 heteroatoms. The van der Waals surface area contributed by atoms with E-state index in [4.69, 9.17) is 18.0 Å². The second-order valence-corrected chi connectivity index (χ2v) is 9.76. The van der Waals surface area contributed by atoms with Crippen molar-refractivity contribution in [3.63, 3.8) is 0 Å². The molecule has 0 aromatic heterocycles. The SMILES string of the molecule is CCOC(=O)C(C)(C)COS(=O)(=O)ON1C(=O)N2C[C@H]1CC[C@H]2C(=O)NOC(=O)C(C)CC. The van der Waals surface area contributed by atoms with Gasteiger partial charge in [0.2, 0.25) is 0 Å². The summed E-state index contributed by atoms with van der Waals surface area (Å²) in [5.41, 5.74) is 0.796. The van der Waals surface area contributed by atoms with Crippen LogP contribution in [0.4, 0.5) is 4.79 Å². The van der Waals surface area contributed by atoms with Gasteiger partial charge in [0, 0.05) is 6.54 Å². The highest BCUT2D eigenvalue weighted by Crippen LogP contribution is 2.31. The predicted octanol–water partition coefficient (Wildman–Crippen LogP) is 0.658. The van der Waals surface area contributed by atoms with E-state index in [-0.39, 0.29) is 26.0 Å². The van der Waals surface area contributed by atoms with Gasteiger partial charge in [0.05, 0.1) is 30.6 Å². The lowest BCUT2D eigenvalue weighted by Crippen LogP contribution is -2.50. The summed E-state index contributed by atoms with van der Waals surface area (Å²) in [6.07, 6.45) is 1.01. The minimum absolute atomic E-state index is 0.0417. The van der Waals surface area contributed by atoms with E-state index in [2.05, 4.69) is 5.48 Å². The Kier molecular flexibility index (Phi) is 8.65. The summed E-state index contributed by atoms with van der Waals surface area (Å²) >= 11 is 0. The van der Waals surface area contributed by atoms with Crippen LogP contribution in [0, 0.1) is 11.3 Å². The summed E-state index contributed by atoms with van der Waals surface area (Å²) in [4.78, 5) is 54.7. The minimum atomic E-state index is -4.69. The highest BCUT2D eigenvalue weighted by Gasteiger charge is 2.50. The third kappa shape index (κ3) is 6.54. The van der Waals surface area contributed by atoms with Crippen molar-refractivity contribution in [2.45, 2.75) is 66.0 Å². The van der Waals surface area contributed by atoms with Crippen molar-refractivity contribution in [1.29, 1.82) is 0 Å². The van der Waals surface area contributed by atoms with E-state index in [0.29, 0.717) is 11.5 Å². The van der Waals surface area contributed by atoms with Crippen molar-refractivity contribution in [2.24, 2.45) is 11.3 Å². The lowest BCUT2D eigenvalue weighted by molar-refractivity contribution is -0.163. The fourth-order valence-electron chi connectivity index (χ4n) is 3.16.